The summed E-state index contributed by atoms with van der Waals surface area (Å²) >= 11 is 0. The van der Waals surface area contributed by atoms with E-state index < -0.39 is 0 Å². The summed E-state index contributed by atoms with van der Waals surface area (Å²) in [6.45, 7) is 3.56. The van der Waals surface area contributed by atoms with Crippen LogP contribution in [0.4, 0.5) is 0 Å². The maximum atomic E-state index is 5.43. The van der Waals surface area contributed by atoms with Gasteiger partial charge in [-0.15, -0.1) is 12.4 Å². The minimum absolute atomic E-state index is 0. The molecule has 0 spiro atoms. The zero-order chi connectivity index (χ0) is 6.85. The van der Waals surface area contributed by atoms with Gasteiger partial charge in [0.15, 0.2) is 5.82 Å². The van der Waals surface area contributed by atoms with Gasteiger partial charge in [-0.05, 0) is 13.8 Å². The van der Waals surface area contributed by atoms with Crippen LogP contribution < -0.4 is 5.73 Å². The Morgan fingerprint density at radius 3 is 2.40 bits per heavy atom. The van der Waals surface area contributed by atoms with Crippen molar-refractivity contribution < 1.29 is 4.52 Å². The van der Waals surface area contributed by atoms with E-state index in [0.717, 1.165) is 0 Å². The van der Waals surface area contributed by atoms with Gasteiger partial charge < -0.3 is 10.3 Å². The Bertz CT molecular complexity index is 199. The topological polar surface area (TPSA) is 64.9 Å². The number of aromatic nitrogens is 2. The van der Waals surface area contributed by atoms with Gasteiger partial charge in [0, 0.05) is 0 Å². The average molecular weight is 164 g/mol. The Hall–Kier alpha value is -0.610. The molecule has 0 aliphatic carbocycles. The van der Waals surface area contributed by atoms with Gasteiger partial charge in [0.25, 0.3) is 0 Å². The quantitative estimate of drug-likeness (QED) is 0.666. The van der Waals surface area contributed by atoms with Crippen molar-refractivity contribution >= 4 is 12.4 Å². The number of aryl methyl sites for hydroxylation is 1. The molecule has 5 heteroatoms. The lowest BCUT2D eigenvalue weighted by Crippen LogP contribution is -2.04. The van der Waals surface area contributed by atoms with Gasteiger partial charge >= 0.3 is 0 Å². The molecule has 0 aliphatic rings. The van der Waals surface area contributed by atoms with Crippen molar-refractivity contribution in [3.8, 4) is 0 Å². The molecular weight excluding hydrogens is 154 g/mol. The Kier molecular flexibility index (Phi) is 3.32. The summed E-state index contributed by atoms with van der Waals surface area (Å²) in [5.74, 6) is 1.12. The van der Waals surface area contributed by atoms with Gasteiger partial charge in [-0.3, -0.25) is 0 Å². The maximum absolute atomic E-state index is 5.43. The van der Waals surface area contributed by atoms with Crippen LogP contribution in [0.1, 0.15) is 24.7 Å². The molecule has 1 atom stereocenters. The fourth-order valence-electron chi connectivity index (χ4n) is 0.498. The number of hydrogen-bond donors (Lipinski definition) is 1. The number of nitrogens with zero attached hydrogens (tertiary/aromatic N) is 2. The fourth-order valence-corrected chi connectivity index (χ4v) is 0.498. The highest BCUT2D eigenvalue weighted by atomic mass is 35.5. The molecule has 4 nitrogen and oxygen atoms in total. The van der Waals surface area contributed by atoms with Crippen LogP contribution in [0.25, 0.3) is 0 Å². The SMILES string of the molecule is Cc1noc([C@H](C)N)n1.Cl. The maximum Gasteiger partial charge on any atom is 0.243 e. The van der Waals surface area contributed by atoms with E-state index in [4.69, 9.17) is 10.3 Å². The molecule has 0 bridgehead atoms. The molecule has 0 saturated carbocycles. The van der Waals surface area contributed by atoms with Gasteiger partial charge in [-0.2, -0.15) is 4.98 Å². The third kappa shape index (κ3) is 1.97. The Morgan fingerprint density at radius 1 is 1.60 bits per heavy atom. The highest BCUT2D eigenvalue weighted by Gasteiger charge is 2.05. The minimum Gasteiger partial charge on any atom is -0.338 e. The van der Waals surface area contributed by atoms with Crippen molar-refractivity contribution in [1.82, 2.24) is 10.1 Å². The number of halogens is 1. The van der Waals surface area contributed by atoms with Gasteiger partial charge in [0.1, 0.15) is 0 Å². The van der Waals surface area contributed by atoms with Crippen LogP contribution in [0.2, 0.25) is 0 Å². The van der Waals surface area contributed by atoms with E-state index in [0.29, 0.717) is 11.7 Å². The largest absolute Gasteiger partial charge is 0.338 e. The number of nitrogens with two attached hydrogens (primary N) is 1. The smallest absolute Gasteiger partial charge is 0.243 e. The van der Waals surface area contributed by atoms with E-state index in [1.807, 2.05) is 0 Å². The van der Waals surface area contributed by atoms with Crippen LogP contribution in [0, 0.1) is 6.92 Å². The Labute approximate surface area is 65.2 Å². The van der Waals surface area contributed by atoms with E-state index >= 15 is 0 Å². The van der Waals surface area contributed by atoms with Crippen LogP contribution in [0.3, 0.4) is 0 Å². The monoisotopic (exact) mass is 163 g/mol. The van der Waals surface area contributed by atoms with Crippen LogP contribution >= 0.6 is 12.4 Å². The molecule has 0 fully saturated rings. The molecule has 0 unspecified atom stereocenters. The third-order valence-corrected chi connectivity index (χ3v) is 0.933. The fraction of sp³-hybridized carbons (Fsp3) is 0.600. The molecule has 1 aromatic heterocycles. The molecule has 0 saturated heterocycles. The first-order valence-corrected chi connectivity index (χ1v) is 2.76. The molecule has 1 heterocycles. The van der Waals surface area contributed by atoms with E-state index in [1.165, 1.54) is 0 Å². The van der Waals surface area contributed by atoms with Crippen LogP contribution in [0.5, 0.6) is 0 Å². The molecule has 0 radical (unpaired) electrons. The summed E-state index contributed by atoms with van der Waals surface area (Å²) in [5, 5.41) is 3.57. The predicted octanol–water partition coefficient (Wildman–Crippen LogP) is 0.820. The first-order valence-electron chi connectivity index (χ1n) is 2.76. The molecule has 0 aromatic carbocycles. The summed E-state index contributed by atoms with van der Waals surface area (Å²) in [5.41, 5.74) is 5.43. The van der Waals surface area contributed by atoms with Gasteiger partial charge in [0.2, 0.25) is 5.89 Å². The van der Waals surface area contributed by atoms with Crippen LogP contribution in [-0.2, 0) is 0 Å². The Balaban J connectivity index is 0.000000810. The lowest BCUT2D eigenvalue weighted by molar-refractivity contribution is 0.358. The van der Waals surface area contributed by atoms with Crippen molar-refractivity contribution in [2.45, 2.75) is 19.9 Å². The average Bonchev–Trinajstić information content (AvgIpc) is 2.14. The highest BCUT2D eigenvalue weighted by molar-refractivity contribution is 5.85. The van der Waals surface area contributed by atoms with E-state index in [9.17, 15) is 0 Å². The van der Waals surface area contributed by atoms with Crippen molar-refractivity contribution in [2.75, 3.05) is 0 Å². The number of rotatable bonds is 1. The lowest BCUT2D eigenvalue weighted by Gasteiger charge is -1.91. The van der Waals surface area contributed by atoms with Crippen molar-refractivity contribution in [3.05, 3.63) is 11.7 Å². The molecule has 1 rings (SSSR count). The van der Waals surface area contributed by atoms with Crippen LogP contribution in [0.15, 0.2) is 4.52 Å². The first-order chi connectivity index (χ1) is 4.20. The van der Waals surface area contributed by atoms with Crippen LogP contribution in [-0.4, -0.2) is 10.1 Å². The molecule has 10 heavy (non-hydrogen) atoms. The molecule has 0 amide bonds. The second-order valence-corrected chi connectivity index (χ2v) is 1.97. The lowest BCUT2D eigenvalue weighted by atomic mass is 10.4. The summed E-state index contributed by atoms with van der Waals surface area (Å²) in [6.07, 6.45) is 0. The van der Waals surface area contributed by atoms with Gasteiger partial charge in [-0.25, -0.2) is 0 Å². The van der Waals surface area contributed by atoms with Crippen molar-refractivity contribution in [2.24, 2.45) is 5.73 Å². The molecule has 2 N–H and O–H groups in total. The van der Waals surface area contributed by atoms with Crippen molar-refractivity contribution in [1.29, 1.82) is 0 Å². The second-order valence-electron chi connectivity index (χ2n) is 1.97. The zero-order valence-corrected chi connectivity index (χ0v) is 6.68. The third-order valence-electron chi connectivity index (χ3n) is 0.933. The Morgan fingerprint density at radius 2 is 2.20 bits per heavy atom. The van der Waals surface area contributed by atoms with Gasteiger partial charge in [0.05, 0.1) is 6.04 Å². The summed E-state index contributed by atoms with van der Waals surface area (Å²) in [7, 11) is 0. The molecular formula is C5H10ClN3O. The number of hydrogen-bond acceptors (Lipinski definition) is 4. The molecule has 0 aliphatic heterocycles. The summed E-state index contributed by atoms with van der Waals surface area (Å²) < 4.78 is 4.74. The minimum atomic E-state index is -0.161. The molecule has 58 valence electrons. The summed E-state index contributed by atoms with van der Waals surface area (Å²) in [6, 6.07) is -0.161. The second kappa shape index (κ2) is 3.53. The van der Waals surface area contributed by atoms with Gasteiger partial charge in [-0.1, -0.05) is 5.16 Å². The highest BCUT2D eigenvalue weighted by Crippen LogP contribution is 2.03. The zero-order valence-electron chi connectivity index (χ0n) is 5.87. The predicted molar refractivity (Wildman–Crippen MR) is 38.9 cm³/mol. The normalized spacial score (nSPS) is 12.3. The van der Waals surface area contributed by atoms with E-state index in [1.54, 1.807) is 13.8 Å². The molecule has 1 aromatic rings. The first kappa shape index (κ1) is 9.39. The van der Waals surface area contributed by atoms with E-state index in [-0.39, 0.29) is 18.4 Å². The van der Waals surface area contributed by atoms with E-state index in [2.05, 4.69) is 10.1 Å². The summed E-state index contributed by atoms with van der Waals surface area (Å²) in [4.78, 5) is 3.91. The van der Waals surface area contributed by atoms with Crippen molar-refractivity contribution in [3.63, 3.8) is 0 Å². The standard InChI is InChI=1S/C5H9N3O.ClH/c1-3(6)5-7-4(2)8-9-5;/h3H,6H2,1-2H3;1H/t3-;/m0./s1.